The molecule has 0 spiro atoms. The van der Waals surface area contributed by atoms with E-state index in [-0.39, 0.29) is 47.9 Å². The molecule has 0 unspecified atom stereocenters. The summed E-state index contributed by atoms with van der Waals surface area (Å²) in [6.45, 7) is 21.1. The molecule has 0 saturated carbocycles. The Hall–Kier alpha value is -2.48. The number of benzene rings is 2. The van der Waals surface area contributed by atoms with Gasteiger partial charge in [0.05, 0.1) is 0 Å². The van der Waals surface area contributed by atoms with Gasteiger partial charge in [0, 0.05) is 62.4 Å². The Morgan fingerprint density at radius 3 is 2.19 bits per heavy atom. The van der Waals surface area contributed by atoms with E-state index in [4.69, 9.17) is 4.98 Å². The molecule has 0 aliphatic rings. The minimum Gasteiger partial charge on any atom is -0.512 e. The van der Waals surface area contributed by atoms with Crippen molar-refractivity contribution in [3.05, 3.63) is 70.4 Å². The van der Waals surface area contributed by atoms with Crippen LogP contribution in [0.2, 0.25) is 0 Å². The molecule has 1 radical (unpaired) electrons. The summed E-state index contributed by atoms with van der Waals surface area (Å²) >= 11 is 5.39. The first-order chi connectivity index (χ1) is 22.2. The van der Waals surface area contributed by atoms with Crippen molar-refractivity contribution in [2.45, 2.75) is 100 Å². The predicted molar refractivity (Wildman–Crippen MR) is 206 cm³/mol. The summed E-state index contributed by atoms with van der Waals surface area (Å²) < 4.78 is 3.91. The molecular weight excluding hydrogens is 829 g/mol. The fourth-order valence-corrected chi connectivity index (χ4v) is 8.95. The number of carbonyl (C=O) groups excluding carboxylic acids is 1. The minimum absolute atomic E-state index is 0. The predicted octanol–water partition coefficient (Wildman–Crippen LogP) is 13.0. The second-order valence-corrected chi connectivity index (χ2v) is 17.4. The van der Waals surface area contributed by atoms with Gasteiger partial charge in [0.15, 0.2) is 5.78 Å². The van der Waals surface area contributed by atoms with Crippen LogP contribution >= 0.6 is 34.0 Å². The quantitative estimate of drug-likeness (QED) is 0.0940. The molecule has 48 heavy (non-hydrogen) atoms. The molecule has 6 aromatic rings. The molecule has 6 rings (SSSR count). The molecule has 0 fully saturated rings. The molecule has 0 amide bonds. The van der Waals surface area contributed by atoms with Crippen LogP contribution < -0.4 is 0 Å². The molecule has 4 heterocycles. The first-order valence-electron chi connectivity index (χ1n) is 16.6. The van der Waals surface area contributed by atoms with Gasteiger partial charge in [0.1, 0.15) is 16.9 Å². The van der Waals surface area contributed by atoms with E-state index >= 15 is 0 Å². The molecule has 0 aliphatic heterocycles. The Morgan fingerprint density at radius 1 is 0.896 bits per heavy atom. The fraction of sp³-hybridized carbons (Fsp3) is 0.425. The van der Waals surface area contributed by atoms with E-state index in [1.807, 2.05) is 52.9 Å². The smallest absolute Gasteiger partial charge is 0.164 e. The van der Waals surface area contributed by atoms with Crippen LogP contribution in [-0.4, -0.2) is 20.9 Å². The average molecular weight is 876 g/mol. The van der Waals surface area contributed by atoms with E-state index in [1.165, 1.54) is 46.8 Å². The van der Waals surface area contributed by atoms with Crippen molar-refractivity contribution >= 4 is 80.3 Å². The van der Waals surface area contributed by atoms with Gasteiger partial charge in [-0.3, -0.25) is 9.78 Å². The molecule has 0 aliphatic carbocycles. The normalized spacial score (nSPS) is 12.8. The number of fused-ring (bicyclic) bond motifs is 5. The molecule has 2 aromatic carbocycles. The van der Waals surface area contributed by atoms with Gasteiger partial charge in [-0.25, -0.2) is 4.98 Å². The van der Waals surface area contributed by atoms with Crippen LogP contribution in [0.1, 0.15) is 98.4 Å². The van der Waals surface area contributed by atoms with Gasteiger partial charge in [0.25, 0.3) is 0 Å². The van der Waals surface area contributed by atoms with Gasteiger partial charge in [-0.1, -0.05) is 73.4 Å². The molecule has 257 valence electrons. The summed E-state index contributed by atoms with van der Waals surface area (Å²) in [6, 6.07) is 15.0. The number of aliphatic hydroxyl groups is 1. The van der Waals surface area contributed by atoms with E-state index < -0.39 is 0 Å². The van der Waals surface area contributed by atoms with Crippen molar-refractivity contribution in [3.63, 3.8) is 0 Å². The first kappa shape index (κ1) is 38.3. The van der Waals surface area contributed by atoms with Gasteiger partial charge < -0.3 is 5.11 Å². The Bertz CT molecular complexity index is 2100. The zero-order valence-electron chi connectivity index (χ0n) is 29.8. The van der Waals surface area contributed by atoms with Crippen molar-refractivity contribution in [1.82, 2.24) is 9.97 Å². The Morgan fingerprint density at radius 2 is 1.56 bits per heavy atom. The SMILES string of the molecule is CCC(C)(CC)C(=O)/C=C(\O)C(C)(CC)CC.Cc1cc2cc3sc4ncnc(-c5[c-]c6ccsc6c(C(C)(C)C)c5)c4c3cc2s1.[Ir]. The van der Waals surface area contributed by atoms with E-state index in [0.717, 1.165) is 47.2 Å². The van der Waals surface area contributed by atoms with Gasteiger partial charge >= 0.3 is 0 Å². The maximum atomic E-state index is 12.2. The van der Waals surface area contributed by atoms with Crippen molar-refractivity contribution in [1.29, 1.82) is 0 Å². The summed E-state index contributed by atoms with van der Waals surface area (Å²) in [7, 11) is 0. The van der Waals surface area contributed by atoms with Gasteiger partial charge in [0.2, 0.25) is 0 Å². The second-order valence-electron chi connectivity index (χ2n) is 14.2. The number of ketones is 1. The number of aromatic nitrogens is 2. The molecule has 0 bridgehead atoms. The van der Waals surface area contributed by atoms with Crippen LogP contribution in [0.3, 0.4) is 0 Å². The fourth-order valence-electron chi connectivity index (χ4n) is 5.85. The van der Waals surface area contributed by atoms with Crippen LogP contribution in [0.4, 0.5) is 0 Å². The van der Waals surface area contributed by atoms with Gasteiger partial charge in [-0.05, 0) is 77.1 Å². The number of aryl methyl sites for hydroxylation is 1. The molecule has 4 nitrogen and oxygen atoms in total. The molecule has 0 saturated heterocycles. The van der Waals surface area contributed by atoms with Gasteiger partial charge in [-0.15, -0.1) is 46.3 Å². The van der Waals surface area contributed by atoms with E-state index in [0.29, 0.717) is 0 Å². The number of carbonyl (C=O) groups is 1. The van der Waals surface area contributed by atoms with Crippen LogP contribution in [0.5, 0.6) is 0 Å². The second kappa shape index (κ2) is 14.8. The first-order valence-corrected chi connectivity index (χ1v) is 19.2. The minimum atomic E-state index is -0.337. The number of rotatable bonds is 8. The summed E-state index contributed by atoms with van der Waals surface area (Å²) in [5, 5.41) is 17.2. The summed E-state index contributed by atoms with van der Waals surface area (Å²) in [5.74, 6) is 0.286. The topological polar surface area (TPSA) is 63.1 Å². The third kappa shape index (κ3) is 7.34. The Labute approximate surface area is 311 Å². The number of aliphatic hydroxyl groups excluding tert-OH is 1. The Kier molecular flexibility index (Phi) is 11.8. The summed E-state index contributed by atoms with van der Waals surface area (Å²) in [4.78, 5) is 24.0. The van der Waals surface area contributed by atoms with Crippen molar-refractivity contribution in [3.8, 4) is 11.3 Å². The Balaban J connectivity index is 0.000000251. The molecule has 1 N–H and O–H groups in total. The van der Waals surface area contributed by atoms with Crippen LogP contribution in [0.25, 0.3) is 51.7 Å². The number of hydrogen-bond donors (Lipinski definition) is 1. The van der Waals surface area contributed by atoms with E-state index in [2.05, 4.69) is 74.5 Å². The van der Waals surface area contributed by atoms with E-state index in [9.17, 15) is 9.90 Å². The monoisotopic (exact) mass is 876 g/mol. The summed E-state index contributed by atoms with van der Waals surface area (Å²) in [5.41, 5.74) is 2.84. The van der Waals surface area contributed by atoms with Crippen LogP contribution in [-0.2, 0) is 30.3 Å². The van der Waals surface area contributed by atoms with Crippen molar-refractivity contribution < 1.29 is 30.0 Å². The van der Waals surface area contributed by atoms with Crippen LogP contribution in [0, 0.1) is 23.8 Å². The van der Waals surface area contributed by atoms with Crippen molar-refractivity contribution in [2.24, 2.45) is 10.8 Å². The molecule has 0 atom stereocenters. The third-order valence-corrected chi connectivity index (χ3v) is 13.2. The zero-order chi connectivity index (χ0) is 34.3. The number of allylic oxidation sites excluding steroid dienone is 2. The van der Waals surface area contributed by atoms with E-state index in [1.54, 1.807) is 29.0 Å². The maximum absolute atomic E-state index is 12.2. The molecule has 8 heteroatoms. The average Bonchev–Trinajstić information content (AvgIpc) is 3.77. The zero-order valence-corrected chi connectivity index (χ0v) is 34.6. The maximum Gasteiger partial charge on any atom is 0.164 e. The molecule has 4 aromatic heterocycles. The number of nitrogens with zero attached hydrogens (tertiary/aromatic N) is 2. The number of thiophene rings is 3. The third-order valence-electron chi connectivity index (χ3n) is 10.2. The largest absolute Gasteiger partial charge is 0.512 e. The number of hydrogen-bond acceptors (Lipinski definition) is 7. The van der Waals surface area contributed by atoms with Crippen LogP contribution in [0.15, 0.2) is 53.9 Å². The van der Waals surface area contributed by atoms with Crippen molar-refractivity contribution in [2.75, 3.05) is 0 Å². The summed E-state index contributed by atoms with van der Waals surface area (Å²) in [6.07, 6.45) is 6.45. The standard InChI is InChI=1S/C25H19N2S3.C15H28O2.Ir/c1-13-7-15-10-20-17(11-19(15)29-13)21-22(26-12-27-24(21)30-20)16-8-14-5-6-28-23(14)18(9-16)25(2,3)4;1-7-14(5,8-2)12(16)11-13(17)15(6,9-3)10-4;/h5-7,9-12H,1-4H3;11,16H,7-10H2,1-6H3;/q-1;;/b;12-11-;. The van der Waals surface area contributed by atoms with Gasteiger partial charge in [-0.2, -0.15) is 11.3 Å². The molecular formula is C40H47IrN2O2S3-.